The quantitative estimate of drug-likeness (QED) is 0.730. The molecule has 0 bridgehead atoms. The molecule has 0 unspecified atom stereocenters. The Balaban J connectivity index is 1.86. The summed E-state index contributed by atoms with van der Waals surface area (Å²) in [5, 5.41) is 8.22. The number of benzene rings is 1. The molecule has 0 saturated heterocycles. The first-order valence-corrected chi connectivity index (χ1v) is 7.73. The van der Waals surface area contributed by atoms with Gasteiger partial charge in [0, 0.05) is 23.4 Å². The van der Waals surface area contributed by atoms with Crippen molar-refractivity contribution in [2.45, 2.75) is 39.5 Å². The Bertz CT molecular complexity index is 783. The highest BCUT2D eigenvalue weighted by Crippen LogP contribution is 2.24. The van der Waals surface area contributed by atoms with E-state index in [1.807, 2.05) is 12.1 Å². The van der Waals surface area contributed by atoms with Gasteiger partial charge in [-0.2, -0.15) is 0 Å². The van der Waals surface area contributed by atoms with Crippen LogP contribution in [0.5, 0.6) is 0 Å². The van der Waals surface area contributed by atoms with Crippen LogP contribution in [0.3, 0.4) is 0 Å². The molecular weight excluding hydrogens is 288 g/mol. The molecule has 2 heterocycles. The van der Waals surface area contributed by atoms with Crippen LogP contribution < -0.4 is 0 Å². The lowest BCUT2D eigenvalue weighted by atomic mass is 9.96. The SMILES string of the molecule is CCc1ccc(-c2nnc(-c3cnc(C(C)(C)C)nc3)o2)cc1. The number of hydrogen-bond acceptors (Lipinski definition) is 5. The van der Waals surface area contributed by atoms with E-state index in [1.54, 1.807) is 12.4 Å². The number of rotatable bonds is 3. The fraction of sp³-hybridized carbons (Fsp3) is 0.333. The molecule has 0 fully saturated rings. The van der Waals surface area contributed by atoms with Gasteiger partial charge >= 0.3 is 0 Å². The van der Waals surface area contributed by atoms with Crippen LogP contribution in [0.15, 0.2) is 41.1 Å². The minimum absolute atomic E-state index is 0.0838. The third-order valence-electron chi connectivity index (χ3n) is 3.60. The van der Waals surface area contributed by atoms with Crippen LogP contribution in [0.2, 0.25) is 0 Å². The molecular formula is C18H20N4O. The molecule has 0 spiro atoms. The molecule has 118 valence electrons. The maximum absolute atomic E-state index is 5.75. The van der Waals surface area contributed by atoms with Gasteiger partial charge in [0.25, 0.3) is 5.89 Å². The summed E-state index contributed by atoms with van der Waals surface area (Å²) >= 11 is 0. The summed E-state index contributed by atoms with van der Waals surface area (Å²) in [6, 6.07) is 8.13. The summed E-state index contributed by atoms with van der Waals surface area (Å²) in [5.74, 6) is 1.72. The third kappa shape index (κ3) is 3.28. The smallest absolute Gasteiger partial charge is 0.251 e. The minimum atomic E-state index is -0.0838. The van der Waals surface area contributed by atoms with E-state index in [4.69, 9.17) is 4.42 Å². The summed E-state index contributed by atoms with van der Waals surface area (Å²) in [4.78, 5) is 8.78. The summed E-state index contributed by atoms with van der Waals surface area (Å²) < 4.78 is 5.75. The fourth-order valence-electron chi connectivity index (χ4n) is 2.17. The Hall–Kier alpha value is -2.56. The van der Waals surface area contributed by atoms with Gasteiger partial charge < -0.3 is 4.42 Å². The Kier molecular flexibility index (Phi) is 3.94. The zero-order chi connectivity index (χ0) is 16.4. The van der Waals surface area contributed by atoms with E-state index in [1.165, 1.54) is 5.56 Å². The van der Waals surface area contributed by atoms with Gasteiger partial charge in [-0.3, -0.25) is 0 Å². The van der Waals surface area contributed by atoms with Crippen LogP contribution in [0.1, 0.15) is 39.1 Å². The van der Waals surface area contributed by atoms with E-state index in [0.717, 1.165) is 23.4 Å². The van der Waals surface area contributed by atoms with Crippen molar-refractivity contribution in [3.63, 3.8) is 0 Å². The molecule has 0 saturated carbocycles. The Morgan fingerprint density at radius 3 is 1.96 bits per heavy atom. The normalized spacial score (nSPS) is 11.7. The van der Waals surface area contributed by atoms with Crippen LogP contribution in [-0.4, -0.2) is 20.2 Å². The van der Waals surface area contributed by atoms with Gasteiger partial charge in [0.05, 0.1) is 5.56 Å². The molecule has 5 nitrogen and oxygen atoms in total. The first-order valence-electron chi connectivity index (χ1n) is 7.73. The average Bonchev–Trinajstić information content (AvgIpc) is 3.04. The molecule has 0 atom stereocenters. The number of nitrogens with zero attached hydrogens (tertiary/aromatic N) is 4. The van der Waals surface area contributed by atoms with E-state index in [2.05, 4.69) is 60.0 Å². The second kappa shape index (κ2) is 5.91. The van der Waals surface area contributed by atoms with Crippen LogP contribution in [0, 0.1) is 0 Å². The van der Waals surface area contributed by atoms with Crippen molar-refractivity contribution in [3.8, 4) is 22.9 Å². The highest BCUT2D eigenvalue weighted by molar-refractivity contribution is 5.57. The zero-order valence-electron chi connectivity index (χ0n) is 13.9. The van der Waals surface area contributed by atoms with Crippen molar-refractivity contribution in [3.05, 3.63) is 48.0 Å². The largest absolute Gasteiger partial charge is 0.416 e. The predicted octanol–water partition coefficient (Wildman–Crippen LogP) is 4.05. The van der Waals surface area contributed by atoms with Gasteiger partial charge in [-0.25, -0.2) is 9.97 Å². The van der Waals surface area contributed by atoms with Gasteiger partial charge in [-0.15, -0.1) is 10.2 Å². The van der Waals surface area contributed by atoms with Crippen molar-refractivity contribution >= 4 is 0 Å². The van der Waals surface area contributed by atoms with E-state index < -0.39 is 0 Å². The van der Waals surface area contributed by atoms with E-state index in [-0.39, 0.29) is 5.41 Å². The topological polar surface area (TPSA) is 64.7 Å². The van der Waals surface area contributed by atoms with Crippen molar-refractivity contribution in [2.75, 3.05) is 0 Å². The van der Waals surface area contributed by atoms with Crippen molar-refractivity contribution < 1.29 is 4.42 Å². The standard InChI is InChI=1S/C18H20N4O/c1-5-12-6-8-13(9-7-12)15-21-22-16(23-15)14-10-19-17(20-11-14)18(2,3)4/h6-11H,5H2,1-4H3. The average molecular weight is 308 g/mol. The van der Waals surface area contributed by atoms with Gasteiger partial charge in [-0.1, -0.05) is 39.8 Å². The molecule has 1 aromatic carbocycles. The zero-order valence-corrected chi connectivity index (χ0v) is 13.9. The van der Waals surface area contributed by atoms with E-state index in [9.17, 15) is 0 Å². The molecule has 3 aromatic rings. The molecule has 0 aliphatic rings. The molecule has 0 N–H and O–H groups in total. The fourth-order valence-corrected chi connectivity index (χ4v) is 2.17. The molecule has 0 aliphatic carbocycles. The lowest BCUT2D eigenvalue weighted by molar-refractivity contribution is 0.543. The molecule has 0 amide bonds. The summed E-state index contributed by atoms with van der Waals surface area (Å²) in [6.07, 6.45) is 4.46. The molecule has 3 rings (SSSR count). The molecule has 5 heteroatoms. The van der Waals surface area contributed by atoms with Gasteiger partial charge in [0.2, 0.25) is 5.89 Å². The number of hydrogen-bond donors (Lipinski definition) is 0. The molecule has 23 heavy (non-hydrogen) atoms. The van der Waals surface area contributed by atoms with Crippen molar-refractivity contribution in [1.82, 2.24) is 20.2 Å². The summed E-state index contributed by atoms with van der Waals surface area (Å²) in [5.41, 5.74) is 2.83. The maximum atomic E-state index is 5.75. The highest BCUT2D eigenvalue weighted by Gasteiger charge is 2.18. The minimum Gasteiger partial charge on any atom is -0.416 e. The van der Waals surface area contributed by atoms with E-state index >= 15 is 0 Å². The molecule has 2 aromatic heterocycles. The van der Waals surface area contributed by atoms with Crippen LogP contribution in [0.25, 0.3) is 22.9 Å². The molecule has 0 radical (unpaired) electrons. The van der Waals surface area contributed by atoms with Gasteiger partial charge in [0.15, 0.2) is 0 Å². The van der Waals surface area contributed by atoms with Crippen molar-refractivity contribution in [1.29, 1.82) is 0 Å². The number of aromatic nitrogens is 4. The maximum Gasteiger partial charge on any atom is 0.251 e. The highest BCUT2D eigenvalue weighted by atomic mass is 16.4. The first-order chi connectivity index (χ1) is 11.0. The van der Waals surface area contributed by atoms with Crippen LogP contribution >= 0.6 is 0 Å². The molecule has 0 aliphatic heterocycles. The van der Waals surface area contributed by atoms with Gasteiger partial charge in [0.1, 0.15) is 5.82 Å². The van der Waals surface area contributed by atoms with Gasteiger partial charge in [-0.05, 0) is 24.1 Å². The predicted molar refractivity (Wildman–Crippen MR) is 88.8 cm³/mol. The Labute approximate surface area is 135 Å². The second-order valence-corrected chi connectivity index (χ2v) is 6.51. The lowest BCUT2D eigenvalue weighted by Crippen LogP contribution is -2.15. The third-order valence-corrected chi connectivity index (χ3v) is 3.60. The Morgan fingerprint density at radius 1 is 0.870 bits per heavy atom. The lowest BCUT2D eigenvalue weighted by Gasteiger charge is -2.15. The second-order valence-electron chi connectivity index (χ2n) is 6.51. The first kappa shape index (κ1) is 15.3. The monoisotopic (exact) mass is 308 g/mol. The van der Waals surface area contributed by atoms with Crippen molar-refractivity contribution in [2.24, 2.45) is 0 Å². The van der Waals surface area contributed by atoms with E-state index in [0.29, 0.717) is 11.8 Å². The Morgan fingerprint density at radius 2 is 1.43 bits per heavy atom. The summed E-state index contributed by atoms with van der Waals surface area (Å²) in [7, 11) is 0. The number of aryl methyl sites for hydroxylation is 1. The summed E-state index contributed by atoms with van der Waals surface area (Å²) in [6.45, 7) is 8.35. The van der Waals surface area contributed by atoms with Crippen LogP contribution in [-0.2, 0) is 11.8 Å². The van der Waals surface area contributed by atoms with Crippen LogP contribution in [0.4, 0.5) is 0 Å².